The van der Waals surface area contributed by atoms with Crippen LogP contribution >= 0.6 is 0 Å². The van der Waals surface area contributed by atoms with E-state index in [1.165, 1.54) is 0 Å². The van der Waals surface area contributed by atoms with Crippen molar-refractivity contribution in [3.05, 3.63) is 18.3 Å². The number of ether oxygens (including phenoxy) is 2. The maximum atomic E-state index is 12.9. The number of morpholine rings is 1. The van der Waals surface area contributed by atoms with Gasteiger partial charge in [0, 0.05) is 26.2 Å². The maximum Gasteiger partial charge on any atom is 0.244 e. The number of pyridine rings is 1. The van der Waals surface area contributed by atoms with Gasteiger partial charge in [0.05, 0.1) is 37.7 Å². The standard InChI is InChI=1S/C17H27N3O3/c1-5-14-12-20(9-10-23-14)15(6-2)17(21)19(3)13-7-8-16(22-4)18-11-13/h7-8,11,14-15H,5-6,9-10,12H2,1-4H3. The monoisotopic (exact) mass is 321 g/mol. The molecule has 1 saturated heterocycles. The molecule has 0 N–H and O–H groups in total. The maximum absolute atomic E-state index is 12.9. The second-order valence-corrected chi connectivity index (χ2v) is 5.78. The molecule has 0 saturated carbocycles. The Morgan fingerprint density at radius 1 is 1.52 bits per heavy atom. The van der Waals surface area contributed by atoms with Crippen LogP contribution in [-0.2, 0) is 9.53 Å². The Balaban J connectivity index is 2.08. The van der Waals surface area contributed by atoms with Crippen molar-refractivity contribution in [1.29, 1.82) is 0 Å². The lowest BCUT2D eigenvalue weighted by Gasteiger charge is -2.38. The molecule has 0 aromatic carbocycles. The van der Waals surface area contributed by atoms with Crippen molar-refractivity contribution in [3.8, 4) is 5.88 Å². The summed E-state index contributed by atoms with van der Waals surface area (Å²) in [6, 6.07) is 3.49. The summed E-state index contributed by atoms with van der Waals surface area (Å²) in [5.41, 5.74) is 0.773. The minimum atomic E-state index is -0.125. The van der Waals surface area contributed by atoms with Crippen LogP contribution in [0.3, 0.4) is 0 Å². The predicted octanol–water partition coefficient (Wildman–Crippen LogP) is 1.94. The van der Waals surface area contributed by atoms with Crippen molar-refractivity contribution in [1.82, 2.24) is 9.88 Å². The van der Waals surface area contributed by atoms with Crippen molar-refractivity contribution in [2.24, 2.45) is 0 Å². The van der Waals surface area contributed by atoms with E-state index in [-0.39, 0.29) is 18.1 Å². The van der Waals surface area contributed by atoms with Crippen molar-refractivity contribution >= 4 is 11.6 Å². The zero-order valence-corrected chi connectivity index (χ0v) is 14.5. The molecule has 1 aromatic rings. The molecule has 23 heavy (non-hydrogen) atoms. The third-order valence-electron chi connectivity index (χ3n) is 4.39. The van der Waals surface area contributed by atoms with E-state index in [9.17, 15) is 4.79 Å². The van der Waals surface area contributed by atoms with Crippen LogP contribution in [0.15, 0.2) is 18.3 Å². The zero-order chi connectivity index (χ0) is 16.8. The minimum absolute atomic E-state index is 0.0937. The second-order valence-electron chi connectivity index (χ2n) is 5.78. The molecule has 1 aromatic heterocycles. The first-order valence-electron chi connectivity index (χ1n) is 8.23. The van der Waals surface area contributed by atoms with Crippen molar-refractivity contribution in [2.45, 2.75) is 38.8 Å². The number of amides is 1. The highest BCUT2D eigenvalue weighted by Crippen LogP contribution is 2.20. The van der Waals surface area contributed by atoms with Gasteiger partial charge in [0.2, 0.25) is 11.8 Å². The van der Waals surface area contributed by atoms with Gasteiger partial charge in [-0.1, -0.05) is 13.8 Å². The van der Waals surface area contributed by atoms with E-state index in [4.69, 9.17) is 9.47 Å². The first-order valence-corrected chi connectivity index (χ1v) is 8.23. The fraction of sp³-hybridized carbons (Fsp3) is 0.647. The van der Waals surface area contributed by atoms with Crippen molar-refractivity contribution < 1.29 is 14.3 Å². The largest absolute Gasteiger partial charge is 0.481 e. The number of carbonyl (C=O) groups excluding carboxylic acids is 1. The molecule has 0 radical (unpaired) electrons. The van der Waals surface area contributed by atoms with Crippen LogP contribution in [0.2, 0.25) is 0 Å². The Bertz CT molecular complexity index is 506. The van der Waals surface area contributed by atoms with Gasteiger partial charge >= 0.3 is 0 Å². The molecule has 128 valence electrons. The average Bonchev–Trinajstić information content (AvgIpc) is 2.62. The van der Waals surface area contributed by atoms with Crippen LogP contribution in [0.4, 0.5) is 5.69 Å². The number of hydrogen-bond donors (Lipinski definition) is 0. The molecular formula is C17H27N3O3. The number of methoxy groups -OCH3 is 1. The van der Waals surface area contributed by atoms with E-state index in [2.05, 4.69) is 23.7 Å². The number of carbonyl (C=O) groups is 1. The fourth-order valence-corrected chi connectivity index (χ4v) is 2.90. The molecule has 2 rings (SSSR count). The number of aromatic nitrogens is 1. The highest BCUT2D eigenvalue weighted by atomic mass is 16.5. The molecule has 2 heterocycles. The number of rotatable bonds is 6. The Labute approximate surface area is 138 Å². The minimum Gasteiger partial charge on any atom is -0.481 e. The average molecular weight is 321 g/mol. The number of hydrogen-bond acceptors (Lipinski definition) is 5. The highest BCUT2D eigenvalue weighted by molar-refractivity contribution is 5.96. The molecule has 0 spiro atoms. The zero-order valence-electron chi connectivity index (χ0n) is 14.5. The SMILES string of the molecule is CCC1CN(C(CC)C(=O)N(C)c2ccc(OC)nc2)CCO1. The topological polar surface area (TPSA) is 54.9 Å². The van der Waals surface area contributed by atoms with Crippen LogP contribution in [-0.4, -0.2) is 61.8 Å². The first-order chi connectivity index (χ1) is 11.1. The van der Waals surface area contributed by atoms with Gasteiger partial charge in [0.25, 0.3) is 0 Å². The van der Waals surface area contributed by atoms with Crippen LogP contribution < -0.4 is 9.64 Å². The Morgan fingerprint density at radius 2 is 2.30 bits per heavy atom. The molecule has 0 bridgehead atoms. The van der Waals surface area contributed by atoms with Gasteiger partial charge in [-0.2, -0.15) is 0 Å². The summed E-state index contributed by atoms with van der Waals surface area (Å²) in [6.45, 7) is 6.48. The van der Waals surface area contributed by atoms with E-state index in [0.717, 1.165) is 31.6 Å². The number of nitrogens with zero attached hydrogens (tertiary/aromatic N) is 3. The van der Waals surface area contributed by atoms with Gasteiger partial charge in [-0.25, -0.2) is 4.98 Å². The normalized spacial score (nSPS) is 20.1. The molecule has 1 amide bonds. The van der Waals surface area contributed by atoms with Gasteiger partial charge in [-0.15, -0.1) is 0 Å². The quantitative estimate of drug-likeness (QED) is 0.801. The molecule has 1 fully saturated rings. The third-order valence-corrected chi connectivity index (χ3v) is 4.39. The Kier molecular flexibility index (Phi) is 6.36. The lowest BCUT2D eigenvalue weighted by molar-refractivity contribution is -0.127. The summed E-state index contributed by atoms with van der Waals surface area (Å²) in [7, 11) is 3.37. The molecule has 6 heteroatoms. The lowest BCUT2D eigenvalue weighted by atomic mass is 10.1. The number of anilines is 1. The highest BCUT2D eigenvalue weighted by Gasteiger charge is 2.31. The molecule has 0 aliphatic carbocycles. The Hall–Kier alpha value is -1.66. The summed E-state index contributed by atoms with van der Waals surface area (Å²) in [6.07, 6.45) is 3.64. The smallest absolute Gasteiger partial charge is 0.244 e. The van der Waals surface area contributed by atoms with E-state index in [1.54, 1.807) is 31.3 Å². The van der Waals surface area contributed by atoms with Gasteiger partial charge < -0.3 is 14.4 Å². The summed E-state index contributed by atoms with van der Waals surface area (Å²) < 4.78 is 10.8. The van der Waals surface area contributed by atoms with Crippen LogP contribution in [0, 0.1) is 0 Å². The summed E-state index contributed by atoms with van der Waals surface area (Å²) in [4.78, 5) is 21.0. The molecule has 6 nitrogen and oxygen atoms in total. The van der Waals surface area contributed by atoms with E-state index in [1.807, 2.05) is 6.07 Å². The summed E-state index contributed by atoms with van der Waals surface area (Å²) in [5.74, 6) is 0.636. The lowest BCUT2D eigenvalue weighted by Crippen LogP contribution is -2.53. The second kappa shape index (κ2) is 8.26. The van der Waals surface area contributed by atoms with Crippen LogP contribution in [0.5, 0.6) is 5.88 Å². The van der Waals surface area contributed by atoms with Crippen molar-refractivity contribution in [2.75, 3.05) is 38.8 Å². The molecule has 2 unspecified atom stereocenters. The third kappa shape index (κ3) is 4.20. The molecular weight excluding hydrogens is 294 g/mol. The van der Waals surface area contributed by atoms with Crippen molar-refractivity contribution in [3.63, 3.8) is 0 Å². The van der Waals surface area contributed by atoms with Gasteiger partial charge in [-0.3, -0.25) is 9.69 Å². The van der Waals surface area contributed by atoms with E-state index >= 15 is 0 Å². The Morgan fingerprint density at radius 3 is 2.87 bits per heavy atom. The fourth-order valence-electron chi connectivity index (χ4n) is 2.90. The summed E-state index contributed by atoms with van der Waals surface area (Å²) >= 11 is 0. The van der Waals surface area contributed by atoms with E-state index in [0.29, 0.717) is 12.5 Å². The van der Waals surface area contributed by atoms with Crippen LogP contribution in [0.25, 0.3) is 0 Å². The molecule has 1 aliphatic heterocycles. The number of likely N-dealkylation sites (N-methyl/N-ethyl adjacent to an activating group) is 1. The van der Waals surface area contributed by atoms with Gasteiger partial charge in [-0.05, 0) is 18.9 Å². The van der Waals surface area contributed by atoms with Crippen LogP contribution in [0.1, 0.15) is 26.7 Å². The first kappa shape index (κ1) is 17.7. The van der Waals surface area contributed by atoms with Gasteiger partial charge in [0.1, 0.15) is 0 Å². The van der Waals surface area contributed by atoms with E-state index < -0.39 is 0 Å². The molecule has 1 aliphatic rings. The van der Waals surface area contributed by atoms with Gasteiger partial charge in [0.15, 0.2) is 0 Å². The summed E-state index contributed by atoms with van der Waals surface area (Å²) in [5, 5.41) is 0. The molecule has 2 atom stereocenters. The predicted molar refractivity (Wildman–Crippen MR) is 89.9 cm³/mol.